The zero-order valence-electron chi connectivity index (χ0n) is 11.6. The van der Waals surface area contributed by atoms with Crippen LogP contribution in [0.4, 0.5) is 0 Å². The Hall–Kier alpha value is -0.370. The fraction of sp³-hybridized carbons (Fsp3) is 0.917. The van der Waals surface area contributed by atoms with E-state index in [9.17, 15) is 13.2 Å². The monoisotopic (exact) mass is 323 g/mol. The summed E-state index contributed by atoms with van der Waals surface area (Å²) in [6, 6.07) is -0.393. The maximum absolute atomic E-state index is 12.0. The maximum Gasteiger partial charge on any atom is 0.234 e. The molecule has 8 heteroatoms. The highest BCUT2D eigenvalue weighted by Crippen LogP contribution is 2.18. The van der Waals surface area contributed by atoms with Crippen molar-refractivity contribution in [2.45, 2.75) is 30.8 Å². The van der Waals surface area contributed by atoms with E-state index < -0.39 is 21.3 Å². The fourth-order valence-corrected chi connectivity index (χ4v) is 5.26. The van der Waals surface area contributed by atoms with Gasteiger partial charge in [-0.3, -0.25) is 9.69 Å². The first-order valence-corrected chi connectivity index (χ1v) is 9.14. The van der Waals surface area contributed by atoms with Crippen molar-refractivity contribution < 1.29 is 13.2 Å². The second-order valence-corrected chi connectivity index (χ2v) is 8.65. The molecular formula is C12H22ClN3O3S. The molecule has 0 radical (unpaired) electrons. The highest BCUT2D eigenvalue weighted by Gasteiger charge is 2.37. The molecule has 2 saturated heterocycles. The summed E-state index contributed by atoms with van der Waals surface area (Å²) in [6.45, 7) is 3.90. The molecule has 20 heavy (non-hydrogen) atoms. The molecule has 0 aliphatic carbocycles. The second kappa shape index (κ2) is 6.17. The molecule has 6 nitrogen and oxygen atoms in total. The van der Waals surface area contributed by atoms with E-state index in [-0.39, 0.29) is 30.0 Å². The summed E-state index contributed by atoms with van der Waals surface area (Å²) in [5, 5.41) is 2.19. The number of rotatable bonds is 3. The number of carbonyl (C=O) groups excluding carboxylic acids is 1. The molecular weight excluding hydrogens is 302 g/mol. The average Bonchev–Trinajstić information content (AvgIpc) is 2.57. The molecule has 0 aromatic carbocycles. The van der Waals surface area contributed by atoms with Crippen molar-refractivity contribution in [2.75, 3.05) is 31.1 Å². The van der Waals surface area contributed by atoms with Crippen LogP contribution in [0.15, 0.2) is 0 Å². The minimum absolute atomic E-state index is 0.0639. The zero-order valence-corrected chi connectivity index (χ0v) is 13.2. The predicted molar refractivity (Wildman–Crippen MR) is 78.4 cm³/mol. The summed E-state index contributed by atoms with van der Waals surface area (Å²) in [5.41, 5.74) is 5.99. The minimum Gasteiger partial charge on any atom is -0.350 e. The number of amides is 1. The number of piperidine rings is 1. The van der Waals surface area contributed by atoms with Gasteiger partial charge in [-0.2, -0.15) is 0 Å². The van der Waals surface area contributed by atoms with Crippen molar-refractivity contribution in [3.8, 4) is 0 Å². The van der Waals surface area contributed by atoms with Gasteiger partial charge in [0.15, 0.2) is 9.84 Å². The van der Waals surface area contributed by atoms with E-state index >= 15 is 0 Å². The van der Waals surface area contributed by atoms with Gasteiger partial charge < -0.3 is 11.1 Å². The van der Waals surface area contributed by atoms with Crippen LogP contribution >= 0.6 is 11.6 Å². The van der Waals surface area contributed by atoms with Gasteiger partial charge in [0, 0.05) is 12.6 Å². The summed E-state index contributed by atoms with van der Waals surface area (Å²) < 4.78 is 22.9. The molecule has 2 heterocycles. The largest absolute Gasteiger partial charge is 0.350 e. The minimum atomic E-state index is -3.12. The van der Waals surface area contributed by atoms with Crippen LogP contribution in [-0.4, -0.2) is 67.8 Å². The lowest BCUT2D eigenvalue weighted by Gasteiger charge is -2.34. The van der Waals surface area contributed by atoms with E-state index in [2.05, 4.69) is 12.2 Å². The Morgan fingerprint density at radius 2 is 2.15 bits per heavy atom. The van der Waals surface area contributed by atoms with Gasteiger partial charge in [-0.15, -0.1) is 11.6 Å². The van der Waals surface area contributed by atoms with E-state index in [4.69, 9.17) is 17.3 Å². The van der Waals surface area contributed by atoms with Crippen molar-refractivity contribution in [1.82, 2.24) is 10.2 Å². The number of halogens is 1. The van der Waals surface area contributed by atoms with Crippen molar-refractivity contribution >= 4 is 27.3 Å². The first kappa shape index (κ1) is 16.0. The molecule has 116 valence electrons. The number of sulfone groups is 1. The lowest BCUT2D eigenvalue weighted by atomic mass is 9.94. The first-order valence-electron chi connectivity index (χ1n) is 6.88. The van der Waals surface area contributed by atoms with Crippen LogP contribution in [0.2, 0.25) is 0 Å². The van der Waals surface area contributed by atoms with E-state index in [1.54, 1.807) is 0 Å². The third kappa shape index (κ3) is 4.07. The fourth-order valence-electron chi connectivity index (χ4n) is 2.71. The van der Waals surface area contributed by atoms with Crippen molar-refractivity contribution in [1.29, 1.82) is 0 Å². The lowest BCUT2D eigenvalue weighted by molar-refractivity contribution is -0.123. The van der Waals surface area contributed by atoms with E-state index in [0.29, 0.717) is 12.5 Å². The zero-order chi connectivity index (χ0) is 14.9. The van der Waals surface area contributed by atoms with Gasteiger partial charge >= 0.3 is 0 Å². The van der Waals surface area contributed by atoms with Crippen LogP contribution in [-0.2, 0) is 14.6 Å². The van der Waals surface area contributed by atoms with Crippen molar-refractivity contribution in [3.05, 3.63) is 0 Å². The standard InChI is InChI=1S/C12H22ClN3O3S/c1-8-2-3-16(4-10(8)14)5-12(17)15-11-7-20(18,19)6-9(11)13/h8-11H,2-7,14H2,1H3,(H,15,17). The molecule has 0 spiro atoms. The Morgan fingerprint density at radius 1 is 1.45 bits per heavy atom. The molecule has 3 N–H and O–H groups in total. The van der Waals surface area contributed by atoms with Gasteiger partial charge in [0.2, 0.25) is 5.91 Å². The first-order chi connectivity index (χ1) is 9.27. The number of nitrogens with one attached hydrogen (secondary N) is 1. The van der Waals surface area contributed by atoms with Crippen molar-refractivity contribution in [2.24, 2.45) is 11.7 Å². The third-order valence-corrected chi connectivity index (χ3v) is 6.47. The summed E-state index contributed by atoms with van der Waals surface area (Å²) in [6.07, 6.45) is 0.977. The molecule has 2 aliphatic rings. The topological polar surface area (TPSA) is 92.5 Å². The quantitative estimate of drug-likeness (QED) is 0.662. The Balaban J connectivity index is 1.81. The van der Waals surface area contributed by atoms with Gasteiger partial charge in [0.1, 0.15) is 0 Å². The smallest absolute Gasteiger partial charge is 0.234 e. The average molecular weight is 324 g/mol. The van der Waals surface area contributed by atoms with Gasteiger partial charge in [-0.05, 0) is 18.9 Å². The van der Waals surface area contributed by atoms with E-state index in [1.807, 2.05) is 4.90 Å². The van der Waals surface area contributed by atoms with Gasteiger partial charge in [-0.1, -0.05) is 6.92 Å². The third-order valence-electron chi connectivity index (χ3n) is 4.10. The summed E-state index contributed by atoms with van der Waals surface area (Å²) >= 11 is 5.96. The SMILES string of the molecule is CC1CCN(CC(=O)NC2CS(=O)(=O)CC2Cl)CC1N. The predicted octanol–water partition coefficient (Wildman–Crippen LogP) is -0.824. The molecule has 0 bridgehead atoms. The Morgan fingerprint density at radius 3 is 2.70 bits per heavy atom. The molecule has 2 fully saturated rings. The molecule has 1 amide bonds. The molecule has 4 unspecified atom stereocenters. The Bertz CT molecular complexity index is 471. The lowest BCUT2D eigenvalue weighted by Crippen LogP contribution is -2.52. The van der Waals surface area contributed by atoms with Crippen LogP contribution in [0.25, 0.3) is 0 Å². The summed E-state index contributed by atoms with van der Waals surface area (Å²) in [7, 11) is -3.12. The molecule has 2 aliphatic heterocycles. The Labute approximate surface area is 124 Å². The van der Waals surface area contributed by atoms with Gasteiger partial charge in [-0.25, -0.2) is 8.42 Å². The highest BCUT2D eigenvalue weighted by atomic mass is 35.5. The van der Waals surface area contributed by atoms with Crippen LogP contribution in [0, 0.1) is 5.92 Å². The summed E-state index contributed by atoms with van der Waals surface area (Å²) in [5.74, 6) is 0.163. The number of carbonyl (C=O) groups is 1. The van der Waals surface area contributed by atoms with Crippen LogP contribution < -0.4 is 11.1 Å². The Kier molecular flexibility index (Phi) is 4.94. The van der Waals surface area contributed by atoms with E-state index in [1.165, 1.54) is 0 Å². The molecule has 4 atom stereocenters. The normalized spacial score (nSPS) is 37.8. The van der Waals surface area contributed by atoms with Crippen molar-refractivity contribution in [3.63, 3.8) is 0 Å². The highest BCUT2D eigenvalue weighted by molar-refractivity contribution is 7.91. The van der Waals surface area contributed by atoms with Gasteiger partial charge in [0.05, 0.1) is 29.5 Å². The number of hydrogen-bond donors (Lipinski definition) is 2. The molecule has 0 aromatic rings. The second-order valence-electron chi connectivity index (χ2n) is 5.93. The summed E-state index contributed by atoms with van der Waals surface area (Å²) in [4.78, 5) is 14.0. The van der Waals surface area contributed by atoms with E-state index in [0.717, 1.165) is 13.0 Å². The van der Waals surface area contributed by atoms with Crippen LogP contribution in [0.5, 0.6) is 0 Å². The maximum atomic E-state index is 12.0. The van der Waals surface area contributed by atoms with Crippen LogP contribution in [0.3, 0.4) is 0 Å². The molecule has 0 saturated carbocycles. The van der Waals surface area contributed by atoms with Gasteiger partial charge in [0.25, 0.3) is 0 Å². The number of nitrogens with zero attached hydrogens (tertiary/aromatic N) is 1. The molecule has 0 aromatic heterocycles. The number of nitrogens with two attached hydrogens (primary N) is 1. The number of likely N-dealkylation sites (tertiary alicyclic amines) is 1. The number of hydrogen-bond acceptors (Lipinski definition) is 5. The number of alkyl halides is 1. The van der Waals surface area contributed by atoms with Crippen LogP contribution in [0.1, 0.15) is 13.3 Å². The molecule has 2 rings (SSSR count).